The number of nitrogens with zero attached hydrogens (tertiary/aromatic N) is 4. The number of rotatable bonds is 6. The third kappa shape index (κ3) is 4.50. The smallest absolute Gasteiger partial charge is 0.265 e. The van der Waals surface area contributed by atoms with Crippen molar-refractivity contribution in [3.63, 3.8) is 0 Å². The minimum Gasteiger partial charge on any atom is -0.326 e. The fourth-order valence-electron chi connectivity index (χ4n) is 3.93. The van der Waals surface area contributed by atoms with E-state index in [1.807, 2.05) is 35.1 Å². The Labute approximate surface area is 209 Å². The van der Waals surface area contributed by atoms with Gasteiger partial charge in [-0.15, -0.1) is 0 Å². The summed E-state index contributed by atoms with van der Waals surface area (Å²) in [6.07, 6.45) is 1.52. The second-order valence-corrected chi connectivity index (χ2v) is 10.8. The maximum atomic E-state index is 13.3. The number of carbonyl (C=O) groups excluding carboxylic acids is 2. The molecule has 3 heterocycles. The summed E-state index contributed by atoms with van der Waals surface area (Å²) in [5.41, 5.74) is 1.38. The Morgan fingerprint density at radius 1 is 1.11 bits per heavy atom. The molecule has 0 spiro atoms. The molecule has 2 N–H and O–H groups in total. The molecule has 0 radical (unpaired) electrons. The Morgan fingerprint density at radius 2 is 1.83 bits per heavy atom. The molecule has 4 aromatic rings. The quantitative estimate of drug-likeness (QED) is 0.365. The molecule has 0 fully saturated rings. The molecule has 36 heavy (non-hydrogen) atoms. The fourth-order valence-corrected chi connectivity index (χ4v) is 6.05. The van der Waals surface area contributed by atoms with Crippen molar-refractivity contribution < 1.29 is 18.0 Å². The van der Waals surface area contributed by atoms with Crippen molar-refractivity contribution in [1.29, 1.82) is 0 Å². The van der Waals surface area contributed by atoms with Crippen molar-refractivity contribution in [2.45, 2.75) is 29.4 Å². The molecule has 13 heteroatoms. The van der Waals surface area contributed by atoms with Crippen molar-refractivity contribution in [3.8, 4) is 5.69 Å². The number of fused-ring (bicyclic) bond motifs is 2. The van der Waals surface area contributed by atoms with Crippen LogP contribution in [-0.4, -0.2) is 45.3 Å². The second-order valence-electron chi connectivity index (χ2n) is 8.10. The lowest BCUT2D eigenvalue weighted by Gasteiger charge is -2.14. The Hall–Kier alpha value is -3.97. The van der Waals surface area contributed by atoms with E-state index in [0.717, 1.165) is 12.6 Å². The van der Waals surface area contributed by atoms with E-state index in [0.29, 0.717) is 27.6 Å². The van der Waals surface area contributed by atoms with Crippen molar-refractivity contribution in [1.82, 2.24) is 24.1 Å². The Kier molecular flexibility index (Phi) is 6.10. The van der Waals surface area contributed by atoms with Gasteiger partial charge in [-0.25, -0.2) is 22.8 Å². The highest BCUT2D eigenvalue weighted by Crippen LogP contribution is 2.33. The summed E-state index contributed by atoms with van der Waals surface area (Å²) in [7, 11) is -3.96. The number of benzene rings is 2. The fraction of sp³-hybridized carbons (Fsp3) is 0.174. The zero-order valence-corrected chi connectivity index (χ0v) is 20.5. The Balaban J connectivity index is 1.33. The Morgan fingerprint density at radius 3 is 2.53 bits per heavy atom. The highest BCUT2D eigenvalue weighted by Gasteiger charge is 2.29. The van der Waals surface area contributed by atoms with Gasteiger partial charge < -0.3 is 5.32 Å². The minimum atomic E-state index is -3.96. The normalized spacial score (nSPS) is 15.0. The van der Waals surface area contributed by atoms with Gasteiger partial charge in [0, 0.05) is 24.8 Å². The van der Waals surface area contributed by atoms with E-state index >= 15 is 0 Å². The van der Waals surface area contributed by atoms with Crippen LogP contribution >= 0.6 is 11.8 Å². The maximum Gasteiger partial charge on any atom is 0.265 e. The predicted molar refractivity (Wildman–Crippen MR) is 134 cm³/mol. The summed E-state index contributed by atoms with van der Waals surface area (Å²) in [4.78, 5) is 41.6. The van der Waals surface area contributed by atoms with Gasteiger partial charge in [-0.1, -0.05) is 30.0 Å². The first-order valence-electron chi connectivity index (χ1n) is 10.8. The minimum absolute atomic E-state index is 0.0336. The van der Waals surface area contributed by atoms with Crippen LogP contribution in [0.3, 0.4) is 0 Å². The maximum absolute atomic E-state index is 13.3. The van der Waals surface area contributed by atoms with E-state index < -0.39 is 22.0 Å². The van der Waals surface area contributed by atoms with Gasteiger partial charge >= 0.3 is 0 Å². The largest absolute Gasteiger partial charge is 0.326 e. The number of amides is 2. The van der Waals surface area contributed by atoms with Gasteiger partial charge in [0.2, 0.25) is 11.8 Å². The molecule has 1 aliphatic heterocycles. The van der Waals surface area contributed by atoms with E-state index in [1.165, 1.54) is 46.8 Å². The van der Waals surface area contributed by atoms with Crippen molar-refractivity contribution in [2.75, 3.05) is 11.1 Å². The van der Waals surface area contributed by atoms with Gasteiger partial charge in [0.15, 0.2) is 10.8 Å². The molecule has 2 aromatic heterocycles. The van der Waals surface area contributed by atoms with Crippen LogP contribution in [-0.2, 0) is 19.6 Å². The van der Waals surface area contributed by atoms with Crippen molar-refractivity contribution in [2.24, 2.45) is 0 Å². The van der Waals surface area contributed by atoms with E-state index in [9.17, 15) is 22.8 Å². The highest BCUT2D eigenvalue weighted by atomic mass is 32.2. The number of aromatic nitrogens is 4. The van der Waals surface area contributed by atoms with Crippen LogP contribution in [0.15, 0.2) is 75.6 Å². The molecule has 2 aromatic carbocycles. The van der Waals surface area contributed by atoms with Crippen LogP contribution in [0.1, 0.15) is 19.4 Å². The van der Waals surface area contributed by atoms with Gasteiger partial charge in [0.05, 0.1) is 22.8 Å². The molecule has 0 saturated heterocycles. The zero-order chi connectivity index (χ0) is 25.4. The topological polar surface area (TPSA) is 145 Å². The van der Waals surface area contributed by atoms with E-state index in [4.69, 9.17) is 0 Å². The van der Waals surface area contributed by atoms with Gasteiger partial charge in [-0.3, -0.25) is 19.0 Å². The molecule has 0 bridgehead atoms. The van der Waals surface area contributed by atoms with Crippen molar-refractivity contribution >= 4 is 50.3 Å². The molecule has 1 aliphatic rings. The lowest BCUT2D eigenvalue weighted by atomic mass is 10.2. The lowest BCUT2D eigenvalue weighted by molar-refractivity contribution is -0.117. The van der Waals surface area contributed by atoms with Crippen LogP contribution in [0.5, 0.6) is 0 Å². The molecule has 2 amide bonds. The molecular weight excluding hydrogens is 504 g/mol. The monoisotopic (exact) mass is 524 g/mol. The number of para-hydroxylation sites is 1. The van der Waals surface area contributed by atoms with Gasteiger partial charge in [0.1, 0.15) is 5.39 Å². The number of anilines is 1. The van der Waals surface area contributed by atoms with Crippen molar-refractivity contribution in [3.05, 3.63) is 71.1 Å². The molecule has 1 unspecified atom stereocenters. The predicted octanol–water partition coefficient (Wildman–Crippen LogP) is 2.08. The number of sulfonamides is 1. The third-order valence-electron chi connectivity index (χ3n) is 5.52. The van der Waals surface area contributed by atoms with Crippen LogP contribution in [0, 0.1) is 0 Å². The van der Waals surface area contributed by atoms with Crippen LogP contribution in [0.4, 0.5) is 5.69 Å². The first-order chi connectivity index (χ1) is 17.2. The number of hydrogen-bond acceptors (Lipinski definition) is 8. The van der Waals surface area contributed by atoms with Gasteiger partial charge in [-0.05, 0) is 36.4 Å². The summed E-state index contributed by atoms with van der Waals surface area (Å²) in [5.74, 6) is -0.524. The second kappa shape index (κ2) is 9.24. The van der Waals surface area contributed by atoms with Gasteiger partial charge in [-0.2, -0.15) is 5.10 Å². The van der Waals surface area contributed by atoms with E-state index in [1.54, 1.807) is 4.68 Å². The molecular formula is C23H20N6O5S2. The van der Waals surface area contributed by atoms with Gasteiger partial charge in [0.25, 0.3) is 15.6 Å². The summed E-state index contributed by atoms with van der Waals surface area (Å²) in [6, 6.07) is 14.4. The summed E-state index contributed by atoms with van der Waals surface area (Å²) in [6.45, 7) is 1.10. The van der Waals surface area contributed by atoms with E-state index in [2.05, 4.69) is 15.4 Å². The van der Waals surface area contributed by atoms with E-state index in [-0.39, 0.29) is 22.8 Å². The highest BCUT2D eigenvalue weighted by molar-refractivity contribution is 7.99. The molecule has 0 saturated carbocycles. The first-order valence-corrected chi connectivity index (χ1v) is 13.3. The average molecular weight is 525 g/mol. The van der Waals surface area contributed by atoms with Crippen LogP contribution < -0.4 is 15.6 Å². The molecule has 0 aliphatic carbocycles. The average Bonchev–Trinajstić information content (AvgIpc) is 3.44. The standard InChI is InChI=1S/C23H20N6O5S2/c1-14(30)27-36(33,34)18-9-7-15(8-10-18)25-20(31)11-17-13-35-23-26-21-19(22(32)28(17)23)12-24-29(21)16-5-3-2-4-6-16/h2-10,12,17H,11,13H2,1H3,(H,25,31)(H,27,30). The molecule has 1 atom stereocenters. The van der Waals surface area contributed by atoms with Crippen LogP contribution in [0.25, 0.3) is 16.7 Å². The molecule has 184 valence electrons. The number of hydrogen-bond donors (Lipinski definition) is 2. The summed E-state index contributed by atoms with van der Waals surface area (Å²) in [5, 5.41) is 7.94. The number of nitrogens with one attached hydrogen (secondary N) is 2. The summed E-state index contributed by atoms with van der Waals surface area (Å²) < 4.78 is 29.2. The van der Waals surface area contributed by atoms with Crippen LogP contribution in [0.2, 0.25) is 0 Å². The summed E-state index contributed by atoms with van der Waals surface area (Å²) >= 11 is 1.40. The zero-order valence-electron chi connectivity index (χ0n) is 18.9. The molecule has 11 nitrogen and oxygen atoms in total. The number of carbonyl (C=O) groups is 2. The molecule has 5 rings (SSSR count). The SMILES string of the molecule is CC(=O)NS(=O)(=O)c1ccc(NC(=O)CC2CSc3nc4c(cnn4-c4ccccc4)c(=O)n32)cc1. The lowest BCUT2D eigenvalue weighted by Crippen LogP contribution is -2.28. The Bertz CT molecular complexity index is 1650. The first kappa shape index (κ1) is 23.8. The third-order valence-corrected chi connectivity index (χ3v) is 8.07. The number of thioether (sulfide) groups is 1.